The van der Waals surface area contributed by atoms with Crippen molar-refractivity contribution in [2.45, 2.75) is 38.0 Å². The highest BCUT2D eigenvalue weighted by molar-refractivity contribution is 5.85. The third-order valence-electron chi connectivity index (χ3n) is 2.36. The van der Waals surface area contributed by atoms with Crippen LogP contribution in [-0.2, 0) is 23.8 Å². The number of hydrogen-bond donors (Lipinski definition) is 2. The van der Waals surface area contributed by atoms with E-state index in [-0.39, 0.29) is 25.9 Å². The van der Waals surface area contributed by atoms with E-state index in [2.05, 4.69) is 4.74 Å². The zero-order valence-electron chi connectivity index (χ0n) is 10.8. The van der Waals surface area contributed by atoms with Crippen LogP contribution in [0.5, 0.6) is 0 Å². The van der Waals surface area contributed by atoms with Crippen LogP contribution >= 0.6 is 0 Å². The van der Waals surface area contributed by atoms with Crippen molar-refractivity contribution in [2.24, 2.45) is 5.73 Å². The molecule has 18 heavy (non-hydrogen) atoms. The van der Waals surface area contributed by atoms with Gasteiger partial charge in [0.1, 0.15) is 0 Å². The maximum absolute atomic E-state index is 11.3. The number of aliphatic hydroxyl groups excluding tert-OH is 1. The molecule has 7 nitrogen and oxygen atoms in total. The molecule has 106 valence electrons. The molecule has 0 radical (unpaired) electrons. The van der Waals surface area contributed by atoms with Crippen LogP contribution in [0, 0.1) is 0 Å². The highest BCUT2D eigenvalue weighted by atomic mass is 16.7. The molecule has 0 spiro atoms. The summed E-state index contributed by atoms with van der Waals surface area (Å²) in [6, 6.07) is 0. The number of nitrogens with two attached hydrogens (primary N) is 1. The van der Waals surface area contributed by atoms with Gasteiger partial charge in [0.15, 0.2) is 0 Å². The minimum atomic E-state index is -1.22. The number of aliphatic hydroxyl groups is 1. The number of esters is 2. The van der Waals surface area contributed by atoms with Gasteiger partial charge in [0.25, 0.3) is 0 Å². The molecule has 0 aliphatic carbocycles. The minimum Gasteiger partial charge on any atom is -0.396 e. The van der Waals surface area contributed by atoms with E-state index in [1.165, 1.54) is 14.2 Å². The molecule has 3 N–H and O–H groups in total. The van der Waals surface area contributed by atoms with Crippen molar-refractivity contribution in [2.75, 3.05) is 20.8 Å². The van der Waals surface area contributed by atoms with Crippen molar-refractivity contribution >= 4 is 11.9 Å². The van der Waals surface area contributed by atoms with Crippen LogP contribution in [-0.4, -0.2) is 43.8 Å². The van der Waals surface area contributed by atoms with Gasteiger partial charge in [-0.25, -0.2) is 0 Å². The van der Waals surface area contributed by atoms with Crippen molar-refractivity contribution in [3.63, 3.8) is 0 Å². The lowest BCUT2D eigenvalue weighted by atomic mass is 10.2. The third-order valence-corrected chi connectivity index (χ3v) is 2.36. The Kier molecular flexibility index (Phi) is 8.47. The van der Waals surface area contributed by atoms with E-state index in [1.807, 2.05) is 0 Å². The van der Waals surface area contributed by atoms with Gasteiger partial charge in [0.05, 0.1) is 0 Å². The van der Waals surface area contributed by atoms with E-state index in [0.717, 1.165) is 0 Å². The molecule has 0 aromatic rings. The Morgan fingerprint density at radius 3 is 2.06 bits per heavy atom. The molecule has 0 aromatic carbocycles. The normalized spacial score (nSPS) is 11.3. The van der Waals surface area contributed by atoms with Crippen molar-refractivity contribution in [1.82, 2.24) is 0 Å². The summed E-state index contributed by atoms with van der Waals surface area (Å²) >= 11 is 0. The quantitative estimate of drug-likeness (QED) is 0.340. The summed E-state index contributed by atoms with van der Waals surface area (Å²) in [7, 11) is 2.81. The van der Waals surface area contributed by atoms with Crippen molar-refractivity contribution in [1.29, 1.82) is 0 Å². The molecular weight excluding hydrogens is 242 g/mol. The third kappa shape index (κ3) is 7.33. The second kappa shape index (κ2) is 8.98. The molecule has 0 bridgehead atoms. The number of hydrogen-bond acceptors (Lipinski definition) is 7. The molecule has 7 heteroatoms. The van der Waals surface area contributed by atoms with Crippen molar-refractivity contribution in [3.8, 4) is 0 Å². The maximum atomic E-state index is 11.3. The molecule has 0 saturated carbocycles. The first-order valence-electron chi connectivity index (χ1n) is 5.71. The summed E-state index contributed by atoms with van der Waals surface area (Å²) in [6.07, 6.45) is 1.05. The SMILES string of the molecule is COC(N)(CCCC(=O)OC(=O)CCCO)OC. The first kappa shape index (κ1) is 17.0. The molecule has 0 aliphatic heterocycles. The Labute approximate surface area is 106 Å². The molecule has 0 rings (SSSR count). The van der Waals surface area contributed by atoms with Crippen LogP contribution in [0.3, 0.4) is 0 Å². The molecule has 0 aliphatic rings. The number of carbonyl (C=O) groups excluding carboxylic acids is 2. The fraction of sp³-hybridized carbons (Fsp3) is 0.818. The van der Waals surface area contributed by atoms with Crippen LogP contribution in [0.25, 0.3) is 0 Å². The fourth-order valence-corrected chi connectivity index (χ4v) is 1.22. The van der Waals surface area contributed by atoms with Crippen LogP contribution in [0.15, 0.2) is 0 Å². The van der Waals surface area contributed by atoms with Crippen LogP contribution in [0.2, 0.25) is 0 Å². The second-order valence-electron chi connectivity index (χ2n) is 3.75. The van der Waals surface area contributed by atoms with Gasteiger partial charge in [-0.15, -0.1) is 0 Å². The van der Waals surface area contributed by atoms with Crippen LogP contribution in [0.4, 0.5) is 0 Å². The minimum absolute atomic E-state index is 0.0270. The standard InChI is InChI=1S/C11H21NO6/c1-16-11(12,17-2)7-3-5-9(14)18-10(15)6-4-8-13/h13H,3-8,12H2,1-2H3. The van der Waals surface area contributed by atoms with Gasteiger partial charge in [-0.2, -0.15) is 0 Å². The van der Waals surface area contributed by atoms with Crippen LogP contribution in [0.1, 0.15) is 32.1 Å². The lowest BCUT2D eigenvalue weighted by molar-refractivity contribution is -0.207. The fourth-order valence-electron chi connectivity index (χ4n) is 1.22. The Morgan fingerprint density at radius 1 is 1.11 bits per heavy atom. The number of carbonyl (C=O) groups is 2. The Balaban J connectivity index is 3.80. The smallest absolute Gasteiger partial charge is 0.313 e. The van der Waals surface area contributed by atoms with Gasteiger partial charge >= 0.3 is 11.9 Å². The van der Waals surface area contributed by atoms with Gasteiger partial charge in [-0.3, -0.25) is 15.3 Å². The van der Waals surface area contributed by atoms with E-state index >= 15 is 0 Å². The Hall–Kier alpha value is -1.02. The monoisotopic (exact) mass is 263 g/mol. The Bertz CT molecular complexity index is 264. The Morgan fingerprint density at radius 2 is 1.61 bits per heavy atom. The van der Waals surface area contributed by atoms with Gasteiger partial charge < -0.3 is 19.3 Å². The van der Waals surface area contributed by atoms with Gasteiger partial charge in [-0.05, 0) is 12.8 Å². The van der Waals surface area contributed by atoms with E-state index in [9.17, 15) is 9.59 Å². The second-order valence-corrected chi connectivity index (χ2v) is 3.75. The number of rotatable bonds is 9. The highest BCUT2D eigenvalue weighted by Gasteiger charge is 2.23. The van der Waals surface area contributed by atoms with E-state index in [0.29, 0.717) is 12.8 Å². The predicted molar refractivity (Wildman–Crippen MR) is 62.2 cm³/mol. The van der Waals surface area contributed by atoms with Gasteiger partial charge in [0.2, 0.25) is 5.91 Å². The molecule has 0 fully saturated rings. The number of ether oxygens (including phenoxy) is 3. The van der Waals surface area contributed by atoms with Crippen molar-refractivity contribution in [3.05, 3.63) is 0 Å². The summed E-state index contributed by atoms with van der Waals surface area (Å²) < 4.78 is 14.3. The average Bonchev–Trinajstić information content (AvgIpc) is 2.36. The van der Waals surface area contributed by atoms with Gasteiger partial charge in [-0.1, -0.05) is 0 Å². The number of methoxy groups -OCH3 is 2. The average molecular weight is 263 g/mol. The zero-order chi connectivity index (χ0) is 14.0. The molecule has 0 unspecified atom stereocenters. The van der Waals surface area contributed by atoms with E-state index in [1.54, 1.807) is 0 Å². The molecule has 0 amide bonds. The van der Waals surface area contributed by atoms with E-state index in [4.69, 9.17) is 20.3 Å². The topological polar surface area (TPSA) is 108 Å². The summed E-state index contributed by atoms with van der Waals surface area (Å²) in [5.41, 5.74) is 5.66. The molecule has 0 atom stereocenters. The summed E-state index contributed by atoms with van der Waals surface area (Å²) in [5.74, 6) is -2.47. The summed E-state index contributed by atoms with van der Waals surface area (Å²) in [4.78, 5) is 22.3. The van der Waals surface area contributed by atoms with Crippen LogP contribution < -0.4 is 5.73 Å². The predicted octanol–water partition coefficient (Wildman–Crippen LogP) is -0.0957. The summed E-state index contributed by atoms with van der Waals surface area (Å²) in [5, 5.41) is 8.50. The largest absolute Gasteiger partial charge is 0.396 e. The highest BCUT2D eigenvalue weighted by Crippen LogP contribution is 2.13. The zero-order valence-corrected chi connectivity index (χ0v) is 10.8. The molecule has 0 heterocycles. The van der Waals surface area contributed by atoms with E-state index < -0.39 is 17.8 Å². The lowest BCUT2D eigenvalue weighted by Crippen LogP contribution is -2.43. The molecule has 0 aromatic heterocycles. The summed E-state index contributed by atoms with van der Waals surface area (Å²) in [6.45, 7) is -0.110. The van der Waals surface area contributed by atoms with Crippen molar-refractivity contribution < 1.29 is 28.9 Å². The first-order valence-corrected chi connectivity index (χ1v) is 5.71. The lowest BCUT2D eigenvalue weighted by Gasteiger charge is -2.25. The van der Waals surface area contributed by atoms with Gasteiger partial charge in [0, 0.05) is 40.1 Å². The first-order chi connectivity index (χ1) is 8.47. The molecule has 0 saturated heterocycles. The maximum Gasteiger partial charge on any atom is 0.313 e. The molecular formula is C11H21NO6.